The van der Waals surface area contributed by atoms with Gasteiger partial charge in [-0.2, -0.15) is 12.6 Å². The molecule has 0 spiro atoms. The Kier molecular flexibility index (Phi) is 9.35. The summed E-state index contributed by atoms with van der Waals surface area (Å²) in [6.45, 7) is 4.21. The number of hydrogen-bond donors (Lipinski definition) is 5. The molecule has 0 bridgehead atoms. The SMILES string of the molecule is CC(C)C[C@H](NC(=O)[C@H](Cc1cnc[nH]1)NC(=O)[C@H]1CCCN1C(=O)CCS)C(=O)O. The number of nitrogens with one attached hydrogen (secondary N) is 3. The number of aromatic amines is 1. The number of amides is 3. The van der Waals surface area contributed by atoms with Crippen LogP contribution in [0.4, 0.5) is 0 Å². The van der Waals surface area contributed by atoms with Gasteiger partial charge in [-0.15, -0.1) is 0 Å². The molecule has 0 unspecified atom stereocenters. The molecular formula is C20H31N5O5S. The lowest BCUT2D eigenvalue weighted by Crippen LogP contribution is -2.56. The molecule has 4 N–H and O–H groups in total. The fraction of sp³-hybridized carbons (Fsp3) is 0.650. The predicted molar refractivity (Wildman–Crippen MR) is 116 cm³/mol. The van der Waals surface area contributed by atoms with Crippen molar-refractivity contribution in [2.24, 2.45) is 5.92 Å². The second-order valence-corrected chi connectivity index (χ2v) is 8.54. The summed E-state index contributed by atoms with van der Waals surface area (Å²) in [5, 5.41) is 14.7. The van der Waals surface area contributed by atoms with E-state index in [1.807, 2.05) is 13.8 Å². The molecule has 3 amide bonds. The Hall–Kier alpha value is -2.56. The van der Waals surface area contributed by atoms with Gasteiger partial charge in [-0.25, -0.2) is 9.78 Å². The Morgan fingerprint density at radius 2 is 2.03 bits per heavy atom. The quantitative estimate of drug-likeness (QED) is 0.306. The molecule has 1 fully saturated rings. The van der Waals surface area contributed by atoms with Crippen molar-refractivity contribution in [3.8, 4) is 0 Å². The number of aromatic nitrogens is 2. The third-order valence-electron chi connectivity index (χ3n) is 5.14. The maximum Gasteiger partial charge on any atom is 0.326 e. The maximum absolute atomic E-state index is 13.0. The van der Waals surface area contributed by atoms with Crippen LogP contribution in [0.5, 0.6) is 0 Å². The van der Waals surface area contributed by atoms with Gasteiger partial charge in [-0.1, -0.05) is 13.8 Å². The number of carbonyl (C=O) groups is 4. The minimum atomic E-state index is -1.13. The Bertz CT molecular complexity index is 770. The monoisotopic (exact) mass is 453 g/mol. The van der Waals surface area contributed by atoms with E-state index in [1.165, 1.54) is 17.4 Å². The van der Waals surface area contributed by atoms with Crippen LogP contribution in [0.25, 0.3) is 0 Å². The standard InChI is InChI=1S/C20H31N5O5S/c1-12(2)8-15(20(29)30)24-18(27)14(9-13-10-21-11-22-13)23-19(28)16-4-3-6-25(16)17(26)5-7-31/h10-12,14-16,31H,3-9H2,1-2H3,(H,21,22)(H,23,28)(H,24,27)(H,29,30)/t14-,15-,16+/m0/s1. The second-order valence-electron chi connectivity index (χ2n) is 8.09. The van der Waals surface area contributed by atoms with E-state index in [-0.39, 0.29) is 31.1 Å². The number of carboxylic acid groups (broad SMARTS) is 1. The maximum atomic E-state index is 13.0. The van der Waals surface area contributed by atoms with Crippen molar-refractivity contribution < 1.29 is 24.3 Å². The van der Waals surface area contributed by atoms with Crippen LogP contribution in [0.15, 0.2) is 12.5 Å². The van der Waals surface area contributed by atoms with Crippen LogP contribution in [-0.4, -0.2) is 74.1 Å². The molecule has 1 saturated heterocycles. The van der Waals surface area contributed by atoms with Gasteiger partial charge >= 0.3 is 5.97 Å². The van der Waals surface area contributed by atoms with Crippen LogP contribution in [0, 0.1) is 5.92 Å². The number of imidazole rings is 1. The molecule has 1 aromatic rings. The van der Waals surface area contributed by atoms with Crippen LogP contribution in [0.3, 0.4) is 0 Å². The summed E-state index contributed by atoms with van der Waals surface area (Å²) < 4.78 is 0. The zero-order valence-corrected chi connectivity index (χ0v) is 18.7. The van der Waals surface area contributed by atoms with Gasteiger partial charge in [0.1, 0.15) is 18.1 Å². The Morgan fingerprint density at radius 1 is 1.29 bits per heavy atom. The van der Waals surface area contributed by atoms with Crippen LogP contribution >= 0.6 is 12.6 Å². The highest BCUT2D eigenvalue weighted by atomic mass is 32.1. The first kappa shape index (κ1) is 24.7. The average molecular weight is 454 g/mol. The van der Waals surface area contributed by atoms with Crippen molar-refractivity contribution in [2.75, 3.05) is 12.3 Å². The molecule has 0 aliphatic carbocycles. The summed E-state index contributed by atoms with van der Waals surface area (Å²) in [4.78, 5) is 58.1. The number of carboxylic acids is 1. The van der Waals surface area contributed by atoms with Crippen molar-refractivity contribution in [3.63, 3.8) is 0 Å². The minimum absolute atomic E-state index is 0.0620. The molecule has 0 aromatic carbocycles. The van der Waals surface area contributed by atoms with Crippen LogP contribution in [-0.2, 0) is 25.6 Å². The van der Waals surface area contributed by atoms with Gasteiger partial charge in [-0.05, 0) is 30.9 Å². The lowest BCUT2D eigenvalue weighted by atomic mass is 10.0. The number of aliphatic carboxylic acids is 1. The van der Waals surface area contributed by atoms with Gasteiger partial charge in [0.15, 0.2) is 0 Å². The van der Waals surface area contributed by atoms with Crippen LogP contribution in [0.1, 0.15) is 45.2 Å². The molecule has 0 saturated carbocycles. The summed E-state index contributed by atoms with van der Waals surface area (Å²) in [6, 6.07) is -2.73. The molecule has 1 aromatic heterocycles. The predicted octanol–water partition coefficient (Wildman–Crippen LogP) is 0.363. The van der Waals surface area contributed by atoms with E-state index in [1.54, 1.807) is 0 Å². The van der Waals surface area contributed by atoms with Crippen LogP contribution in [0.2, 0.25) is 0 Å². The van der Waals surface area contributed by atoms with Crippen molar-refractivity contribution in [3.05, 3.63) is 18.2 Å². The molecule has 1 aliphatic heterocycles. The van der Waals surface area contributed by atoms with Gasteiger partial charge in [0.05, 0.1) is 6.33 Å². The van der Waals surface area contributed by atoms with Crippen molar-refractivity contribution >= 4 is 36.3 Å². The third kappa shape index (κ3) is 7.27. The van der Waals surface area contributed by atoms with Crippen LogP contribution < -0.4 is 10.6 Å². The topological polar surface area (TPSA) is 144 Å². The minimum Gasteiger partial charge on any atom is -0.480 e. The van der Waals surface area contributed by atoms with Gasteiger partial charge in [-0.3, -0.25) is 14.4 Å². The molecule has 2 rings (SSSR count). The number of hydrogen-bond acceptors (Lipinski definition) is 6. The fourth-order valence-electron chi connectivity index (χ4n) is 3.64. The zero-order chi connectivity index (χ0) is 23.0. The van der Waals surface area contributed by atoms with Gasteiger partial charge < -0.3 is 25.6 Å². The molecule has 3 atom stereocenters. The van der Waals surface area contributed by atoms with E-state index in [0.717, 1.165) is 0 Å². The fourth-order valence-corrected chi connectivity index (χ4v) is 3.83. The van der Waals surface area contributed by atoms with Crippen molar-refractivity contribution in [1.29, 1.82) is 0 Å². The van der Waals surface area contributed by atoms with Crippen molar-refractivity contribution in [1.82, 2.24) is 25.5 Å². The Morgan fingerprint density at radius 3 is 2.61 bits per heavy atom. The third-order valence-corrected chi connectivity index (χ3v) is 5.36. The molecule has 2 heterocycles. The number of nitrogens with zero attached hydrogens (tertiary/aromatic N) is 2. The molecule has 1 aliphatic rings. The van der Waals surface area contributed by atoms with E-state index in [4.69, 9.17) is 0 Å². The van der Waals surface area contributed by atoms with Gasteiger partial charge in [0, 0.05) is 31.3 Å². The summed E-state index contributed by atoms with van der Waals surface area (Å²) in [5.41, 5.74) is 0.616. The number of H-pyrrole nitrogens is 1. The zero-order valence-electron chi connectivity index (χ0n) is 17.8. The molecule has 11 heteroatoms. The first-order valence-corrected chi connectivity index (χ1v) is 11.1. The molecule has 172 valence electrons. The van der Waals surface area contributed by atoms with E-state index in [2.05, 4.69) is 33.2 Å². The highest BCUT2D eigenvalue weighted by Crippen LogP contribution is 2.19. The Balaban J connectivity index is 2.13. The lowest BCUT2D eigenvalue weighted by Gasteiger charge is -2.27. The average Bonchev–Trinajstić information content (AvgIpc) is 3.38. The summed E-state index contributed by atoms with van der Waals surface area (Å²) in [6.07, 6.45) is 4.81. The number of carbonyl (C=O) groups excluding carboxylic acids is 3. The lowest BCUT2D eigenvalue weighted by molar-refractivity contribution is -0.143. The van der Waals surface area contributed by atoms with E-state index in [9.17, 15) is 24.3 Å². The second kappa shape index (κ2) is 11.7. The first-order chi connectivity index (χ1) is 14.7. The normalized spacial score (nSPS) is 17.9. The van der Waals surface area contributed by atoms with Gasteiger partial charge in [0.25, 0.3) is 0 Å². The summed E-state index contributed by atoms with van der Waals surface area (Å²) in [7, 11) is 0. The molecule has 0 radical (unpaired) electrons. The smallest absolute Gasteiger partial charge is 0.326 e. The molecule has 31 heavy (non-hydrogen) atoms. The highest BCUT2D eigenvalue weighted by molar-refractivity contribution is 7.80. The summed E-state index contributed by atoms with van der Waals surface area (Å²) >= 11 is 4.08. The first-order valence-electron chi connectivity index (χ1n) is 10.4. The molecule has 10 nitrogen and oxygen atoms in total. The van der Waals surface area contributed by atoms with E-state index < -0.39 is 35.9 Å². The molecular weight excluding hydrogens is 422 g/mol. The van der Waals surface area contributed by atoms with E-state index >= 15 is 0 Å². The van der Waals surface area contributed by atoms with Gasteiger partial charge in [0.2, 0.25) is 17.7 Å². The highest BCUT2D eigenvalue weighted by Gasteiger charge is 2.36. The Labute approximate surface area is 187 Å². The number of thiol groups is 1. The largest absolute Gasteiger partial charge is 0.480 e. The summed E-state index contributed by atoms with van der Waals surface area (Å²) in [5.74, 6) is -1.85. The number of likely N-dealkylation sites (tertiary alicyclic amines) is 1. The number of rotatable bonds is 11. The van der Waals surface area contributed by atoms with Crippen molar-refractivity contribution in [2.45, 2.75) is 64.1 Å². The van der Waals surface area contributed by atoms with E-state index in [0.29, 0.717) is 30.8 Å².